The molecule has 0 radical (unpaired) electrons. The van der Waals surface area contributed by atoms with Gasteiger partial charge in [0.15, 0.2) is 12.6 Å². The van der Waals surface area contributed by atoms with Crippen molar-refractivity contribution in [1.29, 1.82) is 0 Å². The van der Waals surface area contributed by atoms with Gasteiger partial charge in [-0.3, -0.25) is 9.59 Å². The summed E-state index contributed by atoms with van der Waals surface area (Å²) in [5, 5.41) is 1.58. The second-order valence-electron chi connectivity index (χ2n) is 4.93. The van der Waals surface area contributed by atoms with Gasteiger partial charge in [0.1, 0.15) is 12.4 Å². The highest BCUT2D eigenvalue weighted by Crippen LogP contribution is 2.23. The first-order valence-corrected chi connectivity index (χ1v) is 7.30. The fraction of sp³-hybridized carbons (Fsp3) is 0.0556. The van der Waals surface area contributed by atoms with E-state index in [1.165, 1.54) is 0 Å². The average molecular weight is 326 g/mol. The smallest absolute Gasteiger partial charge is 0.153 e. The van der Waals surface area contributed by atoms with Crippen molar-refractivity contribution in [3.63, 3.8) is 0 Å². The molecule has 2 aromatic carbocycles. The van der Waals surface area contributed by atoms with Crippen molar-refractivity contribution in [3.8, 4) is 5.75 Å². The van der Waals surface area contributed by atoms with Gasteiger partial charge in [0, 0.05) is 10.4 Å². The van der Waals surface area contributed by atoms with E-state index >= 15 is 0 Å². The minimum absolute atomic E-state index is 0.147. The molecular weight excluding hydrogens is 314 g/mol. The standard InChI is InChI=1S/C18H12ClNO3/c19-15-6-4-12-5-7-16(20-17(12)8-15)11-23-18-13(9-21)2-1-3-14(18)10-22/h1-10H,11H2. The number of carbonyl (C=O) groups excluding carboxylic acids is 2. The van der Waals surface area contributed by atoms with Gasteiger partial charge in [-0.05, 0) is 30.3 Å². The Morgan fingerprint density at radius 2 is 1.70 bits per heavy atom. The van der Waals surface area contributed by atoms with Crippen molar-refractivity contribution in [3.05, 3.63) is 70.4 Å². The first-order valence-electron chi connectivity index (χ1n) is 6.92. The van der Waals surface area contributed by atoms with Crippen LogP contribution in [0, 0.1) is 0 Å². The van der Waals surface area contributed by atoms with Gasteiger partial charge in [0.25, 0.3) is 0 Å². The van der Waals surface area contributed by atoms with Crippen LogP contribution < -0.4 is 4.74 Å². The maximum absolute atomic E-state index is 11.1. The summed E-state index contributed by atoms with van der Waals surface area (Å²) < 4.78 is 5.66. The molecule has 1 aromatic heterocycles. The minimum Gasteiger partial charge on any atom is -0.486 e. The Hall–Kier alpha value is -2.72. The van der Waals surface area contributed by atoms with Crippen LogP contribution in [0.2, 0.25) is 5.02 Å². The van der Waals surface area contributed by atoms with E-state index in [4.69, 9.17) is 16.3 Å². The first-order chi connectivity index (χ1) is 11.2. The number of ether oxygens (including phenoxy) is 1. The third kappa shape index (κ3) is 3.22. The molecule has 0 aliphatic carbocycles. The number of hydrogen-bond acceptors (Lipinski definition) is 4. The van der Waals surface area contributed by atoms with Crippen molar-refractivity contribution in [2.45, 2.75) is 6.61 Å². The molecule has 0 N–H and O–H groups in total. The number of pyridine rings is 1. The van der Waals surface area contributed by atoms with Gasteiger partial charge in [0.2, 0.25) is 0 Å². The van der Waals surface area contributed by atoms with Crippen LogP contribution in [0.15, 0.2) is 48.5 Å². The molecule has 0 atom stereocenters. The number of para-hydroxylation sites is 1. The number of halogens is 1. The molecule has 0 aliphatic rings. The highest BCUT2D eigenvalue weighted by atomic mass is 35.5. The Kier molecular flexibility index (Phi) is 4.35. The molecule has 0 amide bonds. The third-order valence-corrected chi connectivity index (χ3v) is 3.64. The summed E-state index contributed by atoms with van der Waals surface area (Å²) in [6, 6.07) is 14.1. The van der Waals surface area contributed by atoms with E-state index in [-0.39, 0.29) is 12.4 Å². The quantitative estimate of drug-likeness (QED) is 0.663. The van der Waals surface area contributed by atoms with Gasteiger partial charge in [-0.2, -0.15) is 0 Å². The lowest BCUT2D eigenvalue weighted by Gasteiger charge is -2.10. The SMILES string of the molecule is O=Cc1cccc(C=O)c1OCc1ccc2ccc(Cl)cc2n1. The maximum Gasteiger partial charge on any atom is 0.153 e. The second-order valence-corrected chi connectivity index (χ2v) is 5.37. The number of rotatable bonds is 5. The molecule has 3 rings (SSSR count). The van der Waals surface area contributed by atoms with Gasteiger partial charge < -0.3 is 4.74 Å². The molecule has 5 heteroatoms. The van der Waals surface area contributed by atoms with Crippen LogP contribution in [0.4, 0.5) is 0 Å². The van der Waals surface area contributed by atoms with Gasteiger partial charge in [-0.15, -0.1) is 0 Å². The Balaban J connectivity index is 1.89. The van der Waals surface area contributed by atoms with Crippen LogP contribution in [-0.4, -0.2) is 17.6 Å². The lowest BCUT2D eigenvalue weighted by Crippen LogP contribution is -2.03. The number of benzene rings is 2. The van der Waals surface area contributed by atoms with E-state index in [0.717, 1.165) is 10.9 Å². The Labute approximate surface area is 137 Å². The Bertz CT molecular complexity index is 866. The number of aromatic nitrogens is 1. The largest absolute Gasteiger partial charge is 0.486 e. The summed E-state index contributed by atoms with van der Waals surface area (Å²) in [7, 11) is 0. The van der Waals surface area contributed by atoms with Crippen molar-refractivity contribution in [2.75, 3.05) is 0 Å². The first kappa shape index (κ1) is 15.2. The summed E-state index contributed by atoms with van der Waals surface area (Å²) in [6.07, 6.45) is 1.33. The monoisotopic (exact) mass is 325 g/mol. The molecule has 0 bridgehead atoms. The zero-order valence-corrected chi connectivity index (χ0v) is 12.8. The van der Waals surface area contributed by atoms with Crippen LogP contribution in [0.5, 0.6) is 5.75 Å². The van der Waals surface area contributed by atoms with Crippen LogP contribution in [-0.2, 0) is 6.61 Å². The molecule has 1 heterocycles. The lowest BCUT2D eigenvalue weighted by molar-refractivity contribution is 0.111. The van der Waals surface area contributed by atoms with E-state index < -0.39 is 0 Å². The van der Waals surface area contributed by atoms with Crippen LogP contribution >= 0.6 is 11.6 Å². The molecule has 0 aliphatic heterocycles. The van der Waals surface area contributed by atoms with E-state index in [1.807, 2.05) is 18.2 Å². The van der Waals surface area contributed by atoms with Crippen LogP contribution in [0.1, 0.15) is 26.4 Å². The zero-order valence-electron chi connectivity index (χ0n) is 12.0. The second kappa shape index (κ2) is 6.58. The normalized spacial score (nSPS) is 10.5. The van der Waals surface area contributed by atoms with Crippen molar-refractivity contribution < 1.29 is 14.3 Å². The van der Waals surface area contributed by atoms with Gasteiger partial charge in [-0.25, -0.2) is 4.98 Å². The van der Waals surface area contributed by atoms with E-state index in [9.17, 15) is 9.59 Å². The summed E-state index contributed by atoms with van der Waals surface area (Å²) in [6.45, 7) is 0.147. The number of hydrogen-bond donors (Lipinski definition) is 0. The molecule has 3 aromatic rings. The topological polar surface area (TPSA) is 56.3 Å². The number of nitrogens with zero attached hydrogens (tertiary/aromatic N) is 1. The highest BCUT2D eigenvalue weighted by molar-refractivity contribution is 6.31. The fourth-order valence-electron chi connectivity index (χ4n) is 2.28. The summed E-state index contributed by atoms with van der Waals surface area (Å²) >= 11 is 5.97. The summed E-state index contributed by atoms with van der Waals surface area (Å²) in [5.74, 6) is 0.269. The molecule has 0 spiro atoms. The zero-order chi connectivity index (χ0) is 16.2. The predicted octanol–water partition coefficient (Wildman–Crippen LogP) is 4.09. The highest BCUT2D eigenvalue weighted by Gasteiger charge is 2.10. The van der Waals surface area contributed by atoms with Crippen molar-refractivity contribution >= 4 is 35.1 Å². The molecular formula is C18H12ClNO3. The van der Waals surface area contributed by atoms with E-state index in [2.05, 4.69) is 4.98 Å². The summed E-state index contributed by atoms with van der Waals surface area (Å²) in [5.41, 5.74) is 2.10. The van der Waals surface area contributed by atoms with Crippen LogP contribution in [0.25, 0.3) is 10.9 Å². The molecule has 4 nitrogen and oxygen atoms in total. The molecule has 0 saturated heterocycles. The number of carbonyl (C=O) groups is 2. The van der Waals surface area contributed by atoms with E-state index in [1.54, 1.807) is 30.3 Å². The number of aldehydes is 2. The fourth-order valence-corrected chi connectivity index (χ4v) is 2.45. The Morgan fingerprint density at radius 3 is 2.39 bits per heavy atom. The van der Waals surface area contributed by atoms with E-state index in [0.29, 0.717) is 34.4 Å². The molecule has 114 valence electrons. The molecule has 0 saturated carbocycles. The maximum atomic E-state index is 11.1. The summed E-state index contributed by atoms with van der Waals surface area (Å²) in [4.78, 5) is 26.7. The van der Waals surface area contributed by atoms with Crippen LogP contribution in [0.3, 0.4) is 0 Å². The third-order valence-electron chi connectivity index (χ3n) is 3.41. The number of fused-ring (bicyclic) bond motifs is 1. The molecule has 23 heavy (non-hydrogen) atoms. The van der Waals surface area contributed by atoms with Gasteiger partial charge in [-0.1, -0.05) is 29.8 Å². The lowest BCUT2D eigenvalue weighted by atomic mass is 10.1. The van der Waals surface area contributed by atoms with Crippen molar-refractivity contribution in [2.24, 2.45) is 0 Å². The minimum atomic E-state index is 0.147. The predicted molar refractivity (Wildman–Crippen MR) is 88.3 cm³/mol. The van der Waals surface area contributed by atoms with Gasteiger partial charge in [0.05, 0.1) is 22.3 Å². The Morgan fingerprint density at radius 1 is 1.00 bits per heavy atom. The molecule has 0 unspecified atom stereocenters. The molecule has 0 fully saturated rings. The van der Waals surface area contributed by atoms with Gasteiger partial charge >= 0.3 is 0 Å². The average Bonchev–Trinajstić information content (AvgIpc) is 2.59. The van der Waals surface area contributed by atoms with Crippen molar-refractivity contribution in [1.82, 2.24) is 4.98 Å².